The third kappa shape index (κ3) is 3.44. The highest BCUT2D eigenvalue weighted by Crippen LogP contribution is 2.23. The van der Waals surface area contributed by atoms with Gasteiger partial charge < -0.3 is 10.3 Å². The smallest absolute Gasteiger partial charge is 0.0953 e. The van der Waals surface area contributed by atoms with Crippen LogP contribution in [0.4, 0.5) is 0 Å². The van der Waals surface area contributed by atoms with E-state index < -0.39 is 0 Å². The van der Waals surface area contributed by atoms with Crippen LogP contribution in [0.5, 0.6) is 0 Å². The van der Waals surface area contributed by atoms with Crippen LogP contribution in [0.2, 0.25) is 0 Å². The van der Waals surface area contributed by atoms with E-state index in [2.05, 4.69) is 53.9 Å². The van der Waals surface area contributed by atoms with Crippen molar-refractivity contribution in [1.82, 2.24) is 9.55 Å². The molecule has 2 N–H and O–H groups in total. The second-order valence-electron chi connectivity index (χ2n) is 5.07. The van der Waals surface area contributed by atoms with Gasteiger partial charge in [0.05, 0.1) is 12.0 Å². The first-order valence-corrected chi connectivity index (χ1v) is 7.06. The summed E-state index contributed by atoms with van der Waals surface area (Å²) in [6.07, 6.45) is 6.14. The molecule has 0 aliphatic heterocycles. The summed E-state index contributed by atoms with van der Waals surface area (Å²) >= 11 is 0. The molecule has 19 heavy (non-hydrogen) atoms. The SMILES string of the molecule is CCC(C)c1ccc(-c2cn(CCCN)cn2)cc1. The minimum atomic E-state index is 0.621. The molecule has 102 valence electrons. The summed E-state index contributed by atoms with van der Waals surface area (Å²) in [4.78, 5) is 4.46. The Morgan fingerprint density at radius 2 is 2.00 bits per heavy atom. The first-order valence-electron chi connectivity index (χ1n) is 7.06. The van der Waals surface area contributed by atoms with Gasteiger partial charge in [-0.3, -0.25) is 0 Å². The van der Waals surface area contributed by atoms with Crippen LogP contribution in [0, 0.1) is 0 Å². The van der Waals surface area contributed by atoms with Gasteiger partial charge in [0.15, 0.2) is 0 Å². The van der Waals surface area contributed by atoms with Crippen LogP contribution in [-0.2, 0) is 6.54 Å². The average Bonchev–Trinajstić information content (AvgIpc) is 2.93. The zero-order valence-electron chi connectivity index (χ0n) is 11.8. The Morgan fingerprint density at radius 1 is 1.26 bits per heavy atom. The third-order valence-electron chi connectivity index (χ3n) is 3.64. The Hall–Kier alpha value is -1.61. The predicted octanol–water partition coefficient (Wildman–Crippen LogP) is 3.41. The van der Waals surface area contributed by atoms with Crippen molar-refractivity contribution in [1.29, 1.82) is 0 Å². The van der Waals surface area contributed by atoms with Gasteiger partial charge in [-0.05, 0) is 30.9 Å². The number of rotatable bonds is 6. The van der Waals surface area contributed by atoms with E-state index in [0.29, 0.717) is 5.92 Å². The Balaban J connectivity index is 2.11. The molecular weight excluding hydrogens is 234 g/mol. The Kier molecular flexibility index (Phi) is 4.74. The summed E-state index contributed by atoms with van der Waals surface area (Å²) in [6.45, 7) is 6.14. The average molecular weight is 257 g/mol. The van der Waals surface area contributed by atoms with Crippen molar-refractivity contribution in [3.63, 3.8) is 0 Å². The number of aromatic nitrogens is 2. The van der Waals surface area contributed by atoms with Gasteiger partial charge in [0.1, 0.15) is 0 Å². The number of aryl methyl sites for hydroxylation is 1. The molecule has 1 atom stereocenters. The first-order chi connectivity index (χ1) is 9.24. The van der Waals surface area contributed by atoms with Crippen molar-refractivity contribution in [2.45, 2.75) is 39.2 Å². The Bertz CT molecular complexity index is 499. The molecule has 3 heteroatoms. The monoisotopic (exact) mass is 257 g/mol. The second kappa shape index (κ2) is 6.53. The topological polar surface area (TPSA) is 43.8 Å². The van der Waals surface area contributed by atoms with Crippen molar-refractivity contribution in [2.24, 2.45) is 5.73 Å². The summed E-state index contributed by atoms with van der Waals surface area (Å²) in [7, 11) is 0. The minimum absolute atomic E-state index is 0.621. The quantitative estimate of drug-likeness (QED) is 0.861. The van der Waals surface area contributed by atoms with Gasteiger partial charge in [0.25, 0.3) is 0 Å². The number of hydrogen-bond acceptors (Lipinski definition) is 2. The summed E-state index contributed by atoms with van der Waals surface area (Å²) < 4.78 is 2.10. The van der Waals surface area contributed by atoms with Crippen molar-refractivity contribution in [3.05, 3.63) is 42.4 Å². The van der Waals surface area contributed by atoms with Crippen LogP contribution >= 0.6 is 0 Å². The lowest BCUT2D eigenvalue weighted by Crippen LogP contribution is -2.03. The highest BCUT2D eigenvalue weighted by atomic mass is 15.0. The molecule has 1 unspecified atom stereocenters. The van der Waals surface area contributed by atoms with Gasteiger partial charge in [-0.1, -0.05) is 38.1 Å². The molecular formula is C16H23N3. The Labute approximate surface area is 115 Å². The van der Waals surface area contributed by atoms with Crippen molar-refractivity contribution >= 4 is 0 Å². The second-order valence-corrected chi connectivity index (χ2v) is 5.07. The van der Waals surface area contributed by atoms with Crippen molar-refractivity contribution < 1.29 is 0 Å². The van der Waals surface area contributed by atoms with Crippen LogP contribution in [0.1, 0.15) is 38.2 Å². The zero-order valence-corrected chi connectivity index (χ0v) is 11.8. The molecule has 3 nitrogen and oxygen atoms in total. The molecule has 1 heterocycles. The van der Waals surface area contributed by atoms with E-state index in [1.807, 2.05) is 6.33 Å². The van der Waals surface area contributed by atoms with Crippen molar-refractivity contribution in [2.75, 3.05) is 6.54 Å². The summed E-state index contributed by atoms with van der Waals surface area (Å²) in [6, 6.07) is 8.75. The molecule has 2 rings (SSSR count). The number of benzene rings is 1. The Morgan fingerprint density at radius 3 is 2.63 bits per heavy atom. The lowest BCUT2D eigenvalue weighted by molar-refractivity contribution is 0.650. The maximum atomic E-state index is 5.52. The molecule has 0 saturated carbocycles. The third-order valence-corrected chi connectivity index (χ3v) is 3.64. The van der Waals surface area contributed by atoms with Crippen LogP contribution < -0.4 is 5.73 Å². The molecule has 0 radical (unpaired) electrons. The molecule has 2 aromatic rings. The van der Waals surface area contributed by atoms with Gasteiger partial charge >= 0.3 is 0 Å². The van der Waals surface area contributed by atoms with Gasteiger partial charge in [-0.25, -0.2) is 4.98 Å². The molecule has 0 amide bonds. The van der Waals surface area contributed by atoms with E-state index in [-0.39, 0.29) is 0 Å². The molecule has 0 aliphatic rings. The minimum Gasteiger partial charge on any atom is -0.337 e. The van der Waals surface area contributed by atoms with E-state index >= 15 is 0 Å². The van der Waals surface area contributed by atoms with Gasteiger partial charge in [0, 0.05) is 18.3 Å². The van der Waals surface area contributed by atoms with E-state index in [4.69, 9.17) is 5.73 Å². The fourth-order valence-corrected chi connectivity index (χ4v) is 2.12. The first kappa shape index (κ1) is 13.8. The lowest BCUT2D eigenvalue weighted by Gasteiger charge is -2.08. The lowest BCUT2D eigenvalue weighted by atomic mass is 9.97. The molecule has 0 saturated heterocycles. The molecule has 0 bridgehead atoms. The van der Waals surface area contributed by atoms with Gasteiger partial charge in [-0.2, -0.15) is 0 Å². The zero-order chi connectivity index (χ0) is 13.7. The maximum absolute atomic E-state index is 5.52. The van der Waals surface area contributed by atoms with Crippen LogP contribution in [0.15, 0.2) is 36.8 Å². The highest BCUT2D eigenvalue weighted by Gasteiger charge is 2.05. The largest absolute Gasteiger partial charge is 0.337 e. The van der Waals surface area contributed by atoms with E-state index in [0.717, 1.165) is 25.2 Å². The summed E-state index contributed by atoms with van der Waals surface area (Å²) in [5.74, 6) is 0.621. The van der Waals surface area contributed by atoms with Crippen molar-refractivity contribution in [3.8, 4) is 11.3 Å². The number of nitrogens with two attached hydrogens (primary N) is 1. The predicted molar refractivity (Wildman–Crippen MR) is 80.0 cm³/mol. The normalized spacial score (nSPS) is 12.6. The standard InChI is InChI=1S/C16H23N3/c1-3-13(2)14-5-7-15(8-6-14)16-11-19(12-18-16)10-4-9-17/h5-8,11-13H,3-4,9-10,17H2,1-2H3. The van der Waals surface area contributed by atoms with Crippen LogP contribution in [0.25, 0.3) is 11.3 Å². The number of nitrogens with zero attached hydrogens (tertiary/aromatic N) is 2. The molecule has 0 fully saturated rings. The molecule has 1 aromatic heterocycles. The fraction of sp³-hybridized carbons (Fsp3) is 0.438. The van der Waals surface area contributed by atoms with E-state index in [9.17, 15) is 0 Å². The maximum Gasteiger partial charge on any atom is 0.0953 e. The number of imidazole rings is 1. The summed E-state index contributed by atoms with van der Waals surface area (Å²) in [5.41, 5.74) is 9.13. The summed E-state index contributed by atoms with van der Waals surface area (Å²) in [5, 5.41) is 0. The van der Waals surface area contributed by atoms with Crippen LogP contribution in [-0.4, -0.2) is 16.1 Å². The number of hydrogen-bond donors (Lipinski definition) is 1. The van der Waals surface area contributed by atoms with E-state index in [1.54, 1.807) is 0 Å². The van der Waals surface area contributed by atoms with Crippen LogP contribution in [0.3, 0.4) is 0 Å². The van der Waals surface area contributed by atoms with Gasteiger partial charge in [-0.15, -0.1) is 0 Å². The van der Waals surface area contributed by atoms with Gasteiger partial charge in [0.2, 0.25) is 0 Å². The molecule has 0 aliphatic carbocycles. The molecule has 0 spiro atoms. The van der Waals surface area contributed by atoms with E-state index in [1.165, 1.54) is 17.5 Å². The highest BCUT2D eigenvalue weighted by molar-refractivity contribution is 5.58. The molecule has 1 aromatic carbocycles. The fourth-order valence-electron chi connectivity index (χ4n) is 2.12.